The quantitative estimate of drug-likeness (QED) is 0.756. The summed E-state index contributed by atoms with van der Waals surface area (Å²) in [6.45, 7) is 3.36. The summed E-state index contributed by atoms with van der Waals surface area (Å²) >= 11 is 0. The minimum absolute atomic E-state index is 0.0957. The van der Waals surface area contributed by atoms with Crippen LogP contribution in [0.4, 0.5) is 0 Å². The SMILES string of the molecule is CC(C)c1nc2c(CO)c(O)ccc2c(=O)n1-c1ccc(C#N)nc1. The molecule has 7 heteroatoms. The molecule has 7 nitrogen and oxygen atoms in total. The number of phenols is 1. The van der Waals surface area contributed by atoms with Crippen molar-refractivity contribution in [3.63, 3.8) is 0 Å². The number of aliphatic hydroxyl groups is 1. The van der Waals surface area contributed by atoms with E-state index in [1.54, 1.807) is 6.07 Å². The van der Waals surface area contributed by atoms with Gasteiger partial charge in [-0.05, 0) is 24.3 Å². The van der Waals surface area contributed by atoms with Crippen molar-refractivity contribution in [3.05, 3.63) is 57.9 Å². The minimum atomic E-state index is -0.421. The number of aliphatic hydroxyl groups excluding tert-OH is 1. The third-order valence-corrected chi connectivity index (χ3v) is 3.94. The lowest BCUT2D eigenvalue weighted by Gasteiger charge is -2.17. The standard InChI is InChI=1S/C18H16N4O3/c1-10(2)17-21-16-13(5-6-15(24)14(16)9-23)18(25)22(17)12-4-3-11(7-19)20-8-12/h3-6,8,10,23-24H,9H2,1-2H3. The van der Waals surface area contributed by atoms with E-state index in [4.69, 9.17) is 5.26 Å². The Morgan fingerprint density at radius 1 is 1.28 bits per heavy atom. The van der Waals surface area contributed by atoms with Gasteiger partial charge in [-0.15, -0.1) is 0 Å². The largest absolute Gasteiger partial charge is 0.508 e. The van der Waals surface area contributed by atoms with Gasteiger partial charge in [-0.3, -0.25) is 9.36 Å². The summed E-state index contributed by atoms with van der Waals surface area (Å²) in [5, 5.41) is 28.6. The van der Waals surface area contributed by atoms with E-state index in [1.807, 2.05) is 19.9 Å². The summed E-state index contributed by atoms with van der Waals surface area (Å²) in [7, 11) is 0. The van der Waals surface area contributed by atoms with Gasteiger partial charge in [0.25, 0.3) is 5.56 Å². The van der Waals surface area contributed by atoms with Gasteiger partial charge in [-0.1, -0.05) is 13.8 Å². The maximum Gasteiger partial charge on any atom is 0.266 e. The van der Waals surface area contributed by atoms with Gasteiger partial charge in [0.15, 0.2) is 0 Å². The number of hydrogen-bond donors (Lipinski definition) is 2. The molecule has 0 radical (unpaired) electrons. The molecule has 3 rings (SSSR count). The van der Waals surface area contributed by atoms with Crippen LogP contribution in [0.3, 0.4) is 0 Å². The second-order valence-electron chi connectivity index (χ2n) is 5.90. The molecule has 3 aromatic rings. The Hall–Kier alpha value is -3.24. The van der Waals surface area contributed by atoms with Crippen LogP contribution in [0.15, 0.2) is 35.3 Å². The van der Waals surface area contributed by atoms with Crippen molar-refractivity contribution in [3.8, 4) is 17.5 Å². The number of benzene rings is 1. The van der Waals surface area contributed by atoms with Gasteiger partial charge in [-0.25, -0.2) is 9.97 Å². The fourth-order valence-electron chi connectivity index (χ4n) is 2.69. The lowest BCUT2D eigenvalue weighted by Crippen LogP contribution is -2.25. The van der Waals surface area contributed by atoms with Crippen LogP contribution in [0.2, 0.25) is 0 Å². The number of hydrogen-bond acceptors (Lipinski definition) is 6. The van der Waals surface area contributed by atoms with E-state index in [9.17, 15) is 15.0 Å². The van der Waals surface area contributed by atoms with E-state index in [2.05, 4.69) is 9.97 Å². The molecule has 1 aromatic carbocycles. The lowest BCUT2D eigenvalue weighted by atomic mass is 10.1. The van der Waals surface area contributed by atoms with Crippen LogP contribution in [-0.2, 0) is 6.61 Å². The van der Waals surface area contributed by atoms with Crippen molar-refractivity contribution in [1.29, 1.82) is 5.26 Å². The molecule has 2 N–H and O–H groups in total. The minimum Gasteiger partial charge on any atom is -0.508 e. The third-order valence-electron chi connectivity index (χ3n) is 3.94. The second kappa shape index (κ2) is 6.34. The van der Waals surface area contributed by atoms with Crippen LogP contribution in [0.1, 0.15) is 36.8 Å². The number of aromatic nitrogens is 3. The Labute approximate surface area is 143 Å². The fourth-order valence-corrected chi connectivity index (χ4v) is 2.69. The Bertz CT molecular complexity index is 1050. The van der Waals surface area contributed by atoms with E-state index in [0.29, 0.717) is 11.5 Å². The summed E-state index contributed by atoms with van der Waals surface area (Å²) in [6, 6.07) is 7.96. The summed E-state index contributed by atoms with van der Waals surface area (Å²) in [4.78, 5) is 21.6. The van der Waals surface area contributed by atoms with Crippen molar-refractivity contribution in [2.45, 2.75) is 26.4 Å². The van der Waals surface area contributed by atoms with Gasteiger partial charge in [0.05, 0.1) is 29.4 Å². The molecule has 0 bridgehead atoms. The van der Waals surface area contributed by atoms with E-state index >= 15 is 0 Å². The summed E-state index contributed by atoms with van der Waals surface area (Å²) in [5.41, 5.74) is 0.940. The van der Waals surface area contributed by atoms with E-state index in [-0.39, 0.29) is 39.4 Å². The number of pyridine rings is 1. The van der Waals surface area contributed by atoms with E-state index in [0.717, 1.165) is 0 Å². The molecular formula is C18H16N4O3. The highest BCUT2D eigenvalue weighted by Gasteiger charge is 2.18. The first kappa shape index (κ1) is 16.6. The zero-order valence-corrected chi connectivity index (χ0v) is 13.8. The van der Waals surface area contributed by atoms with E-state index in [1.165, 1.54) is 29.0 Å². The highest BCUT2D eigenvalue weighted by molar-refractivity contribution is 5.83. The first-order valence-electron chi connectivity index (χ1n) is 7.72. The molecule has 0 atom stereocenters. The van der Waals surface area contributed by atoms with Gasteiger partial charge in [0.1, 0.15) is 23.3 Å². The third kappa shape index (κ3) is 2.73. The average Bonchev–Trinajstić information content (AvgIpc) is 2.61. The predicted octanol–water partition coefficient (Wildman–Crippen LogP) is 1.97. The number of nitriles is 1. The van der Waals surface area contributed by atoms with E-state index < -0.39 is 6.61 Å². The number of nitrogens with zero attached hydrogens (tertiary/aromatic N) is 4. The maximum atomic E-state index is 13.1. The smallest absolute Gasteiger partial charge is 0.266 e. The van der Waals surface area contributed by atoms with Crippen LogP contribution in [0.5, 0.6) is 5.75 Å². The zero-order valence-electron chi connectivity index (χ0n) is 13.8. The molecule has 0 spiro atoms. The molecule has 0 amide bonds. The molecule has 25 heavy (non-hydrogen) atoms. The number of fused-ring (bicyclic) bond motifs is 1. The van der Waals surface area contributed by atoms with Crippen LogP contribution in [0, 0.1) is 11.3 Å². The van der Waals surface area contributed by atoms with Gasteiger partial charge < -0.3 is 10.2 Å². The molecule has 0 unspecified atom stereocenters. The van der Waals surface area contributed by atoms with Gasteiger partial charge in [0, 0.05) is 11.5 Å². The van der Waals surface area contributed by atoms with Crippen molar-refractivity contribution >= 4 is 10.9 Å². The summed E-state index contributed by atoms with van der Waals surface area (Å²) < 4.78 is 1.44. The Balaban J connectivity index is 2.40. The molecule has 2 heterocycles. The zero-order chi connectivity index (χ0) is 18.1. The summed E-state index contributed by atoms with van der Waals surface area (Å²) in [6.07, 6.45) is 1.45. The normalized spacial score (nSPS) is 11.0. The monoisotopic (exact) mass is 336 g/mol. The average molecular weight is 336 g/mol. The first-order valence-corrected chi connectivity index (χ1v) is 7.72. The van der Waals surface area contributed by atoms with Gasteiger partial charge in [-0.2, -0.15) is 5.26 Å². The van der Waals surface area contributed by atoms with Crippen LogP contribution in [-0.4, -0.2) is 24.7 Å². The molecule has 0 saturated heterocycles. The Kier molecular flexibility index (Phi) is 4.21. The summed E-state index contributed by atoms with van der Waals surface area (Å²) in [5.74, 6) is 0.278. The molecule has 0 aliphatic rings. The van der Waals surface area contributed by atoms with Gasteiger partial charge in [0.2, 0.25) is 0 Å². The van der Waals surface area contributed by atoms with Crippen molar-refractivity contribution in [1.82, 2.24) is 14.5 Å². The molecule has 126 valence electrons. The molecule has 0 aliphatic heterocycles. The van der Waals surface area contributed by atoms with Crippen LogP contribution in [0.25, 0.3) is 16.6 Å². The van der Waals surface area contributed by atoms with Crippen LogP contribution >= 0.6 is 0 Å². The predicted molar refractivity (Wildman–Crippen MR) is 91.5 cm³/mol. The highest BCUT2D eigenvalue weighted by Crippen LogP contribution is 2.26. The maximum absolute atomic E-state index is 13.1. The Morgan fingerprint density at radius 3 is 2.60 bits per heavy atom. The first-order chi connectivity index (χ1) is 12.0. The fraction of sp³-hybridized carbons (Fsp3) is 0.222. The lowest BCUT2D eigenvalue weighted by molar-refractivity contribution is 0.277. The van der Waals surface area contributed by atoms with Crippen molar-refractivity contribution < 1.29 is 10.2 Å². The molecule has 0 fully saturated rings. The van der Waals surface area contributed by atoms with Crippen molar-refractivity contribution in [2.75, 3.05) is 0 Å². The molecular weight excluding hydrogens is 320 g/mol. The molecule has 2 aromatic heterocycles. The topological polar surface area (TPSA) is 112 Å². The van der Waals surface area contributed by atoms with Crippen molar-refractivity contribution in [2.24, 2.45) is 0 Å². The number of aromatic hydroxyl groups is 1. The Morgan fingerprint density at radius 2 is 2.04 bits per heavy atom. The van der Waals surface area contributed by atoms with Crippen LogP contribution < -0.4 is 5.56 Å². The highest BCUT2D eigenvalue weighted by atomic mass is 16.3. The molecule has 0 saturated carbocycles. The number of rotatable bonds is 3. The second-order valence-corrected chi connectivity index (χ2v) is 5.90. The van der Waals surface area contributed by atoms with Gasteiger partial charge >= 0.3 is 0 Å². The molecule has 0 aliphatic carbocycles.